The zero-order chi connectivity index (χ0) is 11.4. The lowest BCUT2D eigenvalue weighted by Crippen LogP contribution is -2.16. The van der Waals surface area contributed by atoms with E-state index in [2.05, 4.69) is 0 Å². The molecule has 80 valence electrons. The Morgan fingerprint density at radius 3 is 2.73 bits per heavy atom. The first-order chi connectivity index (χ1) is 7.00. The summed E-state index contributed by atoms with van der Waals surface area (Å²) in [6.07, 6.45) is 4.18. The highest BCUT2D eigenvalue weighted by molar-refractivity contribution is 6.55. The van der Waals surface area contributed by atoms with Gasteiger partial charge in [0, 0.05) is 25.0 Å². The van der Waals surface area contributed by atoms with E-state index >= 15 is 0 Å². The lowest BCUT2D eigenvalue weighted by molar-refractivity contribution is 0.0694. The fraction of sp³-hybridized carbons (Fsp3) is 0.111. The number of aromatic carboxylic acids is 1. The Kier molecular flexibility index (Phi) is 3.94. The van der Waals surface area contributed by atoms with E-state index in [0.717, 1.165) is 0 Å². The van der Waals surface area contributed by atoms with Crippen LogP contribution in [0.3, 0.4) is 0 Å². The van der Waals surface area contributed by atoms with Crippen LogP contribution in [-0.4, -0.2) is 15.6 Å². The summed E-state index contributed by atoms with van der Waals surface area (Å²) >= 11 is 10.8. The van der Waals surface area contributed by atoms with Crippen LogP contribution >= 0.6 is 23.2 Å². The summed E-state index contributed by atoms with van der Waals surface area (Å²) in [5.74, 6) is -1.25. The van der Waals surface area contributed by atoms with Gasteiger partial charge in [0.2, 0.25) is 0 Å². The van der Waals surface area contributed by atoms with Crippen molar-refractivity contribution in [2.45, 2.75) is 6.54 Å². The lowest BCUT2D eigenvalue weighted by Gasteiger charge is -2.02. The van der Waals surface area contributed by atoms with Crippen molar-refractivity contribution in [1.82, 2.24) is 4.57 Å². The summed E-state index contributed by atoms with van der Waals surface area (Å²) in [5, 5.41) is 8.69. The van der Waals surface area contributed by atoms with Gasteiger partial charge < -0.3 is 9.67 Å². The molecule has 0 fully saturated rings. The standard InChI is InChI=1S/C9H7Cl2NO3/c10-8(11)2-4-12-3-1-7(13)6(5-12)9(14)15/h1-3,5H,4H2,(H,14,15). The van der Waals surface area contributed by atoms with Gasteiger partial charge in [0.25, 0.3) is 0 Å². The number of pyridine rings is 1. The number of carbonyl (C=O) groups is 1. The van der Waals surface area contributed by atoms with Gasteiger partial charge in [-0.3, -0.25) is 4.79 Å². The van der Waals surface area contributed by atoms with Crippen LogP contribution in [0, 0.1) is 0 Å². The number of allylic oxidation sites excluding steroid dienone is 1. The molecular formula is C9H7Cl2NO3. The van der Waals surface area contributed by atoms with E-state index in [1.165, 1.54) is 29.1 Å². The topological polar surface area (TPSA) is 59.3 Å². The summed E-state index contributed by atoms with van der Waals surface area (Å²) in [5.41, 5.74) is -0.809. The third-order valence-electron chi connectivity index (χ3n) is 1.66. The van der Waals surface area contributed by atoms with Crippen LogP contribution in [0.25, 0.3) is 0 Å². The van der Waals surface area contributed by atoms with Gasteiger partial charge in [0.15, 0.2) is 5.43 Å². The molecular weight excluding hydrogens is 241 g/mol. The van der Waals surface area contributed by atoms with Crippen LogP contribution in [-0.2, 0) is 6.54 Å². The quantitative estimate of drug-likeness (QED) is 0.888. The Morgan fingerprint density at radius 1 is 1.53 bits per heavy atom. The average molecular weight is 248 g/mol. The third-order valence-corrected chi connectivity index (χ3v) is 1.97. The number of carboxylic acid groups (broad SMARTS) is 1. The van der Waals surface area contributed by atoms with Gasteiger partial charge in [-0.05, 0) is 6.08 Å². The minimum Gasteiger partial charge on any atom is -0.477 e. The fourth-order valence-corrected chi connectivity index (χ4v) is 1.11. The van der Waals surface area contributed by atoms with Crippen molar-refractivity contribution >= 4 is 29.2 Å². The molecule has 0 aliphatic carbocycles. The van der Waals surface area contributed by atoms with Crippen molar-refractivity contribution in [2.24, 2.45) is 0 Å². The highest BCUT2D eigenvalue weighted by Gasteiger charge is 2.07. The summed E-state index contributed by atoms with van der Waals surface area (Å²) in [6.45, 7) is 0.308. The van der Waals surface area contributed by atoms with Gasteiger partial charge in [-0.25, -0.2) is 4.79 Å². The highest BCUT2D eigenvalue weighted by atomic mass is 35.5. The Bertz CT molecular complexity index is 461. The molecule has 1 aromatic heterocycles. The maximum Gasteiger partial charge on any atom is 0.341 e. The average Bonchev–Trinajstić information content (AvgIpc) is 2.16. The van der Waals surface area contributed by atoms with E-state index < -0.39 is 11.4 Å². The molecule has 15 heavy (non-hydrogen) atoms. The number of hydrogen-bond donors (Lipinski definition) is 1. The number of nitrogens with zero attached hydrogens (tertiary/aromatic N) is 1. The minimum atomic E-state index is -1.25. The van der Waals surface area contributed by atoms with E-state index in [9.17, 15) is 9.59 Å². The van der Waals surface area contributed by atoms with Crippen molar-refractivity contribution < 1.29 is 9.90 Å². The zero-order valence-corrected chi connectivity index (χ0v) is 9.00. The summed E-state index contributed by atoms with van der Waals surface area (Å²) in [4.78, 5) is 21.7. The van der Waals surface area contributed by atoms with E-state index in [-0.39, 0.29) is 10.1 Å². The van der Waals surface area contributed by atoms with Gasteiger partial charge in [0.1, 0.15) is 10.1 Å². The number of carboxylic acids is 1. The number of aromatic nitrogens is 1. The van der Waals surface area contributed by atoms with Crippen molar-refractivity contribution in [3.63, 3.8) is 0 Å². The van der Waals surface area contributed by atoms with E-state index in [0.29, 0.717) is 6.54 Å². The molecule has 1 N–H and O–H groups in total. The number of hydrogen-bond acceptors (Lipinski definition) is 2. The molecule has 0 bridgehead atoms. The molecule has 1 rings (SSSR count). The molecule has 0 aliphatic rings. The summed E-state index contributed by atoms with van der Waals surface area (Å²) in [6, 6.07) is 1.18. The van der Waals surface area contributed by atoms with E-state index in [1.807, 2.05) is 0 Å². The van der Waals surface area contributed by atoms with Crippen LogP contribution in [0.1, 0.15) is 10.4 Å². The highest BCUT2D eigenvalue weighted by Crippen LogP contribution is 2.06. The SMILES string of the molecule is O=C(O)c1cn(CC=C(Cl)Cl)ccc1=O. The normalized spacial score (nSPS) is 9.73. The summed E-state index contributed by atoms with van der Waals surface area (Å²) in [7, 11) is 0. The minimum absolute atomic E-state index is 0.0885. The Balaban J connectivity index is 3.03. The van der Waals surface area contributed by atoms with Gasteiger partial charge in [-0.2, -0.15) is 0 Å². The van der Waals surface area contributed by atoms with Crippen molar-refractivity contribution in [2.75, 3.05) is 0 Å². The van der Waals surface area contributed by atoms with Gasteiger partial charge in [-0.1, -0.05) is 23.2 Å². The van der Waals surface area contributed by atoms with Crippen molar-refractivity contribution in [3.05, 3.63) is 44.8 Å². The largest absolute Gasteiger partial charge is 0.477 e. The molecule has 0 atom stereocenters. The van der Waals surface area contributed by atoms with Crippen LogP contribution in [0.4, 0.5) is 0 Å². The molecule has 0 saturated heterocycles. The summed E-state index contributed by atoms with van der Waals surface area (Å²) < 4.78 is 1.58. The maximum atomic E-state index is 11.1. The second-order valence-corrected chi connectivity index (χ2v) is 3.73. The van der Waals surface area contributed by atoms with E-state index in [4.69, 9.17) is 28.3 Å². The molecule has 0 spiro atoms. The monoisotopic (exact) mass is 247 g/mol. The molecule has 0 saturated carbocycles. The predicted octanol–water partition coefficient (Wildman–Crippen LogP) is 1.87. The van der Waals surface area contributed by atoms with Crippen molar-refractivity contribution in [1.29, 1.82) is 0 Å². The predicted molar refractivity (Wildman–Crippen MR) is 57.5 cm³/mol. The molecule has 0 amide bonds. The molecule has 1 heterocycles. The molecule has 6 heteroatoms. The van der Waals surface area contributed by atoms with E-state index in [1.54, 1.807) is 0 Å². The van der Waals surface area contributed by atoms with Crippen molar-refractivity contribution in [3.8, 4) is 0 Å². The molecule has 0 radical (unpaired) electrons. The van der Waals surface area contributed by atoms with Crippen LogP contribution < -0.4 is 5.43 Å². The number of rotatable bonds is 3. The smallest absolute Gasteiger partial charge is 0.341 e. The van der Waals surface area contributed by atoms with Gasteiger partial charge in [0.05, 0.1) is 0 Å². The number of halogens is 2. The first-order valence-electron chi connectivity index (χ1n) is 3.95. The Morgan fingerprint density at radius 2 is 2.20 bits per heavy atom. The third kappa shape index (κ3) is 3.42. The Labute approximate surface area is 95.4 Å². The van der Waals surface area contributed by atoms with Crippen LogP contribution in [0.5, 0.6) is 0 Å². The fourth-order valence-electron chi connectivity index (χ4n) is 0.974. The second-order valence-electron chi connectivity index (χ2n) is 2.72. The molecule has 0 aromatic carbocycles. The van der Waals surface area contributed by atoms with Gasteiger partial charge >= 0.3 is 5.97 Å². The molecule has 0 aliphatic heterocycles. The van der Waals surface area contributed by atoms with Gasteiger partial charge in [-0.15, -0.1) is 0 Å². The van der Waals surface area contributed by atoms with Crippen LogP contribution in [0.2, 0.25) is 0 Å². The molecule has 4 nitrogen and oxygen atoms in total. The van der Waals surface area contributed by atoms with Crippen LogP contribution in [0.15, 0.2) is 33.8 Å². The molecule has 1 aromatic rings. The maximum absolute atomic E-state index is 11.1. The second kappa shape index (κ2) is 5.00. The zero-order valence-electron chi connectivity index (χ0n) is 7.48. The first-order valence-corrected chi connectivity index (χ1v) is 4.71. The Hall–Kier alpha value is -1.26. The molecule has 0 unspecified atom stereocenters. The first kappa shape index (κ1) is 11.8. The lowest BCUT2D eigenvalue weighted by atomic mass is 10.3.